The molecule has 6 heteroatoms. The predicted molar refractivity (Wildman–Crippen MR) is 127 cm³/mol. The van der Waals surface area contributed by atoms with E-state index in [0.29, 0.717) is 11.4 Å². The minimum absolute atomic E-state index is 0.100. The molecule has 2 amide bonds. The highest BCUT2D eigenvalue weighted by Crippen LogP contribution is 2.18. The highest BCUT2D eigenvalue weighted by atomic mass is 16.2. The molecular weight excluding hydrogens is 400 g/mol. The molecule has 0 aliphatic carbocycles. The van der Waals surface area contributed by atoms with Crippen molar-refractivity contribution in [3.63, 3.8) is 0 Å². The van der Waals surface area contributed by atoms with Gasteiger partial charge < -0.3 is 15.2 Å². The van der Waals surface area contributed by atoms with E-state index in [-0.39, 0.29) is 24.9 Å². The molecule has 0 fully saturated rings. The van der Waals surface area contributed by atoms with Crippen LogP contribution in [0.5, 0.6) is 0 Å². The maximum Gasteiger partial charge on any atom is 0.251 e. The standard InChI is InChI=1S/C26H26N4O2/c1-17-8-11-20(12-9-17)26(32)27-15-24-29-22-6-4-5-7-23(22)30(24)16-25(31)28-21-13-10-18(2)19(3)14-21/h4-14H,15-16H2,1-3H3,(H,27,32)(H,28,31). The lowest BCUT2D eigenvalue weighted by Gasteiger charge is -2.12. The molecule has 0 atom stereocenters. The van der Waals surface area contributed by atoms with E-state index < -0.39 is 0 Å². The number of carbonyl (C=O) groups excluding carboxylic acids is 2. The molecule has 0 unspecified atom stereocenters. The molecule has 1 heterocycles. The first-order valence-corrected chi connectivity index (χ1v) is 10.6. The topological polar surface area (TPSA) is 76.0 Å². The van der Waals surface area contributed by atoms with Crippen molar-refractivity contribution in [2.45, 2.75) is 33.9 Å². The Kier molecular flexibility index (Phi) is 6.03. The number of carbonyl (C=O) groups is 2. The second-order valence-corrected chi connectivity index (χ2v) is 8.00. The number of amides is 2. The molecule has 32 heavy (non-hydrogen) atoms. The number of nitrogens with one attached hydrogen (secondary N) is 2. The van der Waals surface area contributed by atoms with Gasteiger partial charge in [-0.1, -0.05) is 35.9 Å². The van der Waals surface area contributed by atoms with Crippen molar-refractivity contribution in [2.75, 3.05) is 5.32 Å². The number of hydrogen-bond acceptors (Lipinski definition) is 3. The average molecular weight is 427 g/mol. The Morgan fingerprint density at radius 2 is 1.66 bits per heavy atom. The predicted octanol–water partition coefficient (Wildman–Crippen LogP) is 4.53. The number of aromatic nitrogens is 2. The van der Waals surface area contributed by atoms with Gasteiger partial charge in [-0.15, -0.1) is 0 Å². The SMILES string of the molecule is Cc1ccc(C(=O)NCc2nc3ccccc3n2CC(=O)Nc2ccc(C)c(C)c2)cc1. The fourth-order valence-corrected chi connectivity index (χ4v) is 3.57. The Balaban J connectivity index is 1.53. The highest BCUT2D eigenvalue weighted by molar-refractivity contribution is 5.94. The summed E-state index contributed by atoms with van der Waals surface area (Å²) in [5, 5.41) is 5.88. The number of anilines is 1. The molecular formula is C26H26N4O2. The van der Waals surface area contributed by atoms with Gasteiger partial charge in [-0.2, -0.15) is 0 Å². The van der Waals surface area contributed by atoms with Gasteiger partial charge in [0.05, 0.1) is 17.6 Å². The minimum Gasteiger partial charge on any atom is -0.345 e. The molecule has 0 bridgehead atoms. The summed E-state index contributed by atoms with van der Waals surface area (Å²) in [6.45, 7) is 6.35. The summed E-state index contributed by atoms with van der Waals surface area (Å²) in [5.41, 5.74) is 6.37. The van der Waals surface area contributed by atoms with Crippen molar-refractivity contribution in [2.24, 2.45) is 0 Å². The molecule has 4 rings (SSSR count). The first-order valence-electron chi connectivity index (χ1n) is 10.6. The highest BCUT2D eigenvalue weighted by Gasteiger charge is 2.15. The van der Waals surface area contributed by atoms with Gasteiger partial charge >= 0.3 is 0 Å². The fraction of sp³-hybridized carbons (Fsp3) is 0.192. The second-order valence-electron chi connectivity index (χ2n) is 8.00. The maximum absolute atomic E-state index is 12.8. The van der Waals surface area contributed by atoms with Gasteiger partial charge in [0.25, 0.3) is 5.91 Å². The summed E-state index contributed by atoms with van der Waals surface area (Å²) in [7, 11) is 0. The third-order valence-corrected chi connectivity index (χ3v) is 5.55. The Hall–Kier alpha value is -3.93. The van der Waals surface area contributed by atoms with Gasteiger partial charge in [-0.3, -0.25) is 9.59 Å². The number of para-hydroxylation sites is 2. The van der Waals surface area contributed by atoms with Gasteiger partial charge in [0.2, 0.25) is 5.91 Å². The molecule has 4 aromatic rings. The van der Waals surface area contributed by atoms with Crippen LogP contribution < -0.4 is 10.6 Å². The number of nitrogens with zero attached hydrogens (tertiary/aromatic N) is 2. The quantitative estimate of drug-likeness (QED) is 0.476. The lowest BCUT2D eigenvalue weighted by molar-refractivity contribution is -0.116. The first kappa shape index (κ1) is 21.3. The van der Waals surface area contributed by atoms with Gasteiger partial charge in [0, 0.05) is 11.3 Å². The Morgan fingerprint density at radius 1 is 0.906 bits per heavy atom. The van der Waals surface area contributed by atoms with Gasteiger partial charge in [0.15, 0.2) is 0 Å². The van der Waals surface area contributed by atoms with Crippen LogP contribution in [0.15, 0.2) is 66.7 Å². The third kappa shape index (κ3) is 4.70. The molecule has 1 aromatic heterocycles. The van der Waals surface area contributed by atoms with E-state index in [9.17, 15) is 9.59 Å². The van der Waals surface area contributed by atoms with Crippen molar-refractivity contribution >= 4 is 28.5 Å². The summed E-state index contributed by atoms with van der Waals surface area (Å²) < 4.78 is 1.85. The zero-order valence-corrected chi connectivity index (χ0v) is 18.5. The van der Waals surface area contributed by atoms with Crippen LogP contribution in [0, 0.1) is 20.8 Å². The molecule has 0 saturated heterocycles. The van der Waals surface area contributed by atoms with Crippen LogP contribution in [0.4, 0.5) is 5.69 Å². The van der Waals surface area contributed by atoms with Crippen LogP contribution in [-0.4, -0.2) is 21.4 Å². The summed E-state index contributed by atoms with van der Waals surface area (Å²) in [6.07, 6.45) is 0. The van der Waals surface area contributed by atoms with Gasteiger partial charge in [-0.25, -0.2) is 4.98 Å². The van der Waals surface area contributed by atoms with Gasteiger partial charge in [0.1, 0.15) is 12.4 Å². The normalized spacial score (nSPS) is 10.8. The third-order valence-electron chi connectivity index (χ3n) is 5.55. The smallest absolute Gasteiger partial charge is 0.251 e. The van der Waals surface area contributed by atoms with Crippen molar-refractivity contribution in [3.8, 4) is 0 Å². The number of aryl methyl sites for hydroxylation is 3. The first-order chi connectivity index (χ1) is 15.4. The lowest BCUT2D eigenvalue weighted by atomic mass is 10.1. The van der Waals surface area contributed by atoms with E-state index in [1.807, 2.05) is 79.9 Å². The molecule has 0 aliphatic heterocycles. The van der Waals surface area contributed by atoms with Crippen LogP contribution in [0.3, 0.4) is 0 Å². The average Bonchev–Trinajstić information content (AvgIpc) is 3.12. The summed E-state index contributed by atoms with van der Waals surface area (Å²) in [5.74, 6) is 0.299. The van der Waals surface area contributed by atoms with Crippen LogP contribution in [-0.2, 0) is 17.9 Å². The van der Waals surface area contributed by atoms with Crippen LogP contribution in [0.25, 0.3) is 11.0 Å². The zero-order valence-electron chi connectivity index (χ0n) is 18.5. The molecule has 6 nitrogen and oxygen atoms in total. The largest absolute Gasteiger partial charge is 0.345 e. The molecule has 0 radical (unpaired) electrons. The van der Waals surface area contributed by atoms with Crippen molar-refractivity contribution in [1.29, 1.82) is 0 Å². The van der Waals surface area contributed by atoms with E-state index in [2.05, 4.69) is 15.6 Å². The number of rotatable bonds is 6. The number of fused-ring (bicyclic) bond motifs is 1. The Bertz CT molecular complexity index is 1290. The number of imidazole rings is 1. The van der Waals surface area contributed by atoms with Crippen LogP contribution in [0.1, 0.15) is 32.9 Å². The lowest BCUT2D eigenvalue weighted by Crippen LogP contribution is -2.26. The molecule has 0 aliphatic rings. The van der Waals surface area contributed by atoms with E-state index in [4.69, 9.17) is 0 Å². The van der Waals surface area contributed by atoms with Crippen molar-refractivity contribution in [3.05, 3.63) is 94.8 Å². The fourth-order valence-electron chi connectivity index (χ4n) is 3.57. The maximum atomic E-state index is 12.8. The molecule has 0 saturated carbocycles. The van der Waals surface area contributed by atoms with Crippen molar-refractivity contribution in [1.82, 2.24) is 14.9 Å². The summed E-state index contributed by atoms with van der Waals surface area (Å²) >= 11 is 0. The van der Waals surface area contributed by atoms with Gasteiger partial charge in [-0.05, 0) is 68.3 Å². The van der Waals surface area contributed by atoms with E-state index >= 15 is 0 Å². The van der Waals surface area contributed by atoms with E-state index in [1.54, 1.807) is 12.1 Å². The molecule has 162 valence electrons. The molecule has 3 aromatic carbocycles. The Labute approximate surface area is 187 Å². The van der Waals surface area contributed by atoms with E-state index in [0.717, 1.165) is 27.8 Å². The van der Waals surface area contributed by atoms with Crippen molar-refractivity contribution < 1.29 is 9.59 Å². The number of benzene rings is 3. The Morgan fingerprint density at radius 3 is 2.41 bits per heavy atom. The van der Waals surface area contributed by atoms with E-state index in [1.165, 1.54) is 5.56 Å². The van der Waals surface area contributed by atoms with Crippen LogP contribution >= 0.6 is 0 Å². The molecule has 2 N–H and O–H groups in total. The number of hydrogen-bond donors (Lipinski definition) is 2. The second kappa shape index (κ2) is 9.06. The minimum atomic E-state index is -0.178. The molecule has 0 spiro atoms. The summed E-state index contributed by atoms with van der Waals surface area (Å²) in [4.78, 5) is 30.0. The van der Waals surface area contributed by atoms with Crippen LogP contribution in [0.2, 0.25) is 0 Å². The monoisotopic (exact) mass is 426 g/mol. The zero-order chi connectivity index (χ0) is 22.7. The summed E-state index contributed by atoms with van der Waals surface area (Å²) in [6, 6.07) is 20.9.